The van der Waals surface area contributed by atoms with Crippen LogP contribution in [0.5, 0.6) is 0 Å². The Labute approximate surface area is 144 Å². The van der Waals surface area contributed by atoms with Gasteiger partial charge in [0.15, 0.2) is 5.96 Å². The highest BCUT2D eigenvalue weighted by molar-refractivity contribution is 9.10. The van der Waals surface area contributed by atoms with Gasteiger partial charge in [0, 0.05) is 36.5 Å². The number of benzene rings is 1. The molecule has 7 heteroatoms. The number of aliphatic imine (C=N–C) groups is 1. The summed E-state index contributed by atoms with van der Waals surface area (Å²) in [6.07, 6.45) is 4.66. The molecule has 0 saturated heterocycles. The van der Waals surface area contributed by atoms with E-state index < -0.39 is 0 Å². The first-order valence-electron chi connectivity index (χ1n) is 7.62. The molecule has 0 amide bonds. The summed E-state index contributed by atoms with van der Waals surface area (Å²) in [6.45, 7) is 4.84. The maximum atomic E-state index is 13.3. The molecule has 2 aromatic rings. The molecule has 0 aliphatic rings. The van der Waals surface area contributed by atoms with Gasteiger partial charge in [-0.05, 0) is 43.2 Å². The van der Waals surface area contributed by atoms with Crippen molar-refractivity contribution < 1.29 is 4.39 Å². The molecular formula is C16H21BrFN5. The van der Waals surface area contributed by atoms with Crippen molar-refractivity contribution in [3.05, 3.63) is 52.5 Å². The highest BCUT2D eigenvalue weighted by Crippen LogP contribution is 2.18. The van der Waals surface area contributed by atoms with Crippen LogP contribution in [0.1, 0.15) is 18.9 Å². The van der Waals surface area contributed by atoms with Gasteiger partial charge in [0.2, 0.25) is 0 Å². The second kappa shape index (κ2) is 9.29. The van der Waals surface area contributed by atoms with Crippen molar-refractivity contribution >= 4 is 21.9 Å². The Balaban J connectivity index is 1.85. The molecule has 0 aliphatic heterocycles. The van der Waals surface area contributed by atoms with E-state index in [4.69, 9.17) is 0 Å². The van der Waals surface area contributed by atoms with Crippen LogP contribution in [-0.2, 0) is 13.1 Å². The quantitative estimate of drug-likeness (QED) is 0.440. The van der Waals surface area contributed by atoms with Crippen molar-refractivity contribution in [2.75, 3.05) is 13.1 Å². The Kier molecular flexibility index (Phi) is 7.06. The average molecular weight is 382 g/mol. The lowest BCUT2D eigenvalue weighted by atomic mass is 10.2. The van der Waals surface area contributed by atoms with Crippen LogP contribution in [0.15, 0.2) is 46.1 Å². The zero-order valence-corrected chi connectivity index (χ0v) is 14.7. The van der Waals surface area contributed by atoms with E-state index in [1.54, 1.807) is 12.3 Å². The molecule has 23 heavy (non-hydrogen) atoms. The standard InChI is InChI=1S/C16H21BrFN5/c1-2-19-16(20-7-3-9-23-10-4-8-22-23)21-12-13-11-14(18)5-6-15(13)17/h4-6,8,10-11H,2-3,7,9,12H2,1H3,(H2,19,20,21). The van der Waals surface area contributed by atoms with Crippen LogP contribution in [0.3, 0.4) is 0 Å². The van der Waals surface area contributed by atoms with Gasteiger partial charge in [-0.25, -0.2) is 9.38 Å². The largest absolute Gasteiger partial charge is 0.357 e. The average Bonchev–Trinajstić information content (AvgIpc) is 3.05. The van der Waals surface area contributed by atoms with E-state index in [-0.39, 0.29) is 5.82 Å². The summed E-state index contributed by atoms with van der Waals surface area (Å²) in [4.78, 5) is 4.50. The maximum absolute atomic E-state index is 13.3. The summed E-state index contributed by atoms with van der Waals surface area (Å²) in [7, 11) is 0. The molecule has 1 heterocycles. The molecule has 5 nitrogen and oxygen atoms in total. The van der Waals surface area contributed by atoms with Gasteiger partial charge in [0.25, 0.3) is 0 Å². The number of guanidine groups is 1. The first-order valence-corrected chi connectivity index (χ1v) is 8.42. The zero-order chi connectivity index (χ0) is 16.5. The molecule has 1 aromatic carbocycles. The summed E-state index contributed by atoms with van der Waals surface area (Å²) in [5, 5.41) is 10.6. The van der Waals surface area contributed by atoms with E-state index in [1.807, 2.05) is 23.9 Å². The molecule has 1 aromatic heterocycles. The van der Waals surface area contributed by atoms with Crippen LogP contribution < -0.4 is 10.6 Å². The van der Waals surface area contributed by atoms with Gasteiger partial charge in [-0.15, -0.1) is 0 Å². The number of hydrogen-bond acceptors (Lipinski definition) is 2. The predicted octanol–water partition coefficient (Wildman–Crippen LogP) is 2.93. The molecular weight excluding hydrogens is 361 g/mol. The van der Waals surface area contributed by atoms with Crippen LogP contribution in [-0.4, -0.2) is 28.8 Å². The normalized spacial score (nSPS) is 11.5. The van der Waals surface area contributed by atoms with Crippen molar-refractivity contribution in [2.24, 2.45) is 4.99 Å². The Hall–Kier alpha value is -1.89. The number of aryl methyl sites for hydroxylation is 1. The van der Waals surface area contributed by atoms with Crippen LogP contribution in [0.4, 0.5) is 4.39 Å². The first kappa shape index (κ1) is 17.5. The second-order valence-electron chi connectivity index (χ2n) is 4.98. The van der Waals surface area contributed by atoms with Gasteiger partial charge in [-0.3, -0.25) is 4.68 Å². The van der Waals surface area contributed by atoms with Crippen molar-refractivity contribution in [1.82, 2.24) is 20.4 Å². The summed E-state index contributed by atoms with van der Waals surface area (Å²) in [5.41, 5.74) is 0.818. The van der Waals surface area contributed by atoms with Crippen molar-refractivity contribution in [3.63, 3.8) is 0 Å². The van der Waals surface area contributed by atoms with Crippen molar-refractivity contribution in [1.29, 1.82) is 0 Å². The van der Waals surface area contributed by atoms with E-state index in [0.29, 0.717) is 6.54 Å². The summed E-state index contributed by atoms with van der Waals surface area (Å²) in [6, 6.07) is 6.53. The van der Waals surface area contributed by atoms with Crippen molar-refractivity contribution in [3.8, 4) is 0 Å². The lowest BCUT2D eigenvalue weighted by molar-refractivity contribution is 0.570. The van der Waals surface area contributed by atoms with Gasteiger partial charge >= 0.3 is 0 Å². The third-order valence-corrected chi connectivity index (χ3v) is 3.95. The number of nitrogens with zero attached hydrogens (tertiary/aromatic N) is 3. The Bertz CT molecular complexity index is 627. The summed E-state index contributed by atoms with van der Waals surface area (Å²) in [5.74, 6) is 0.472. The minimum absolute atomic E-state index is 0.254. The maximum Gasteiger partial charge on any atom is 0.191 e. The van der Waals surface area contributed by atoms with E-state index in [0.717, 1.165) is 42.1 Å². The summed E-state index contributed by atoms with van der Waals surface area (Å²) >= 11 is 3.42. The third kappa shape index (κ3) is 6.02. The SMILES string of the molecule is CCNC(=NCc1cc(F)ccc1Br)NCCCn1cccn1. The lowest BCUT2D eigenvalue weighted by Crippen LogP contribution is -2.38. The minimum Gasteiger partial charge on any atom is -0.357 e. The second-order valence-corrected chi connectivity index (χ2v) is 5.83. The molecule has 2 N–H and O–H groups in total. The fourth-order valence-corrected chi connectivity index (χ4v) is 2.42. The Morgan fingerprint density at radius 2 is 2.26 bits per heavy atom. The molecule has 0 saturated carbocycles. The molecule has 0 unspecified atom stereocenters. The van der Waals surface area contributed by atoms with Gasteiger partial charge in [0.1, 0.15) is 5.82 Å². The van der Waals surface area contributed by atoms with Gasteiger partial charge in [-0.1, -0.05) is 15.9 Å². The topological polar surface area (TPSA) is 54.2 Å². The van der Waals surface area contributed by atoms with Gasteiger partial charge < -0.3 is 10.6 Å². The van der Waals surface area contributed by atoms with Crippen LogP contribution >= 0.6 is 15.9 Å². The molecule has 0 radical (unpaired) electrons. The minimum atomic E-state index is -0.254. The highest BCUT2D eigenvalue weighted by atomic mass is 79.9. The van der Waals surface area contributed by atoms with Crippen molar-refractivity contribution in [2.45, 2.75) is 26.4 Å². The number of rotatable bonds is 7. The van der Waals surface area contributed by atoms with E-state index >= 15 is 0 Å². The van der Waals surface area contributed by atoms with E-state index in [1.165, 1.54) is 12.1 Å². The fraction of sp³-hybridized carbons (Fsp3) is 0.375. The smallest absolute Gasteiger partial charge is 0.191 e. The fourth-order valence-electron chi connectivity index (χ4n) is 2.05. The molecule has 0 atom stereocenters. The molecule has 0 aliphatic carbocycles. The number of nitrogens with one attached hydrogen (secondary N) is 2. The lowest BCUT2D eigenvalue weighted by Gasteiger charge is -2.11. The van der Waals surface area contributed by atoms with Gasteiger partial charge in [0.05, 0.1) is 6.54 Å². The molecule has 0 bridgehead atoms. The monoisotopic (exact) mass is 381 g/mol. The molecule has 2 rings (SSSR count). The number of aromatic nitrogens is 2. The predicted molar refractivity (Wildman–Crippen MR) is 93.8 cm³/mol. The van der Waals surface area contributed by atoms with E-state index in [2.05, 4.69) is 36.7 Å². The Morgan fingerprint density at radius 1 is 1.39 bits per heavy atom. The number of hydrogen-bond donors (Lipinski definition) is 2. The third-order valence-electron chi connectivity index (χ3n) is 3.18. The van der Waals surface area contributed by atoms with Gasteiger partial charge in [-0.2, -0.15) is 5.10 Å². The Morgan fingerprint density at radius 3 is 3.00 bits per heavy atom. The summed E-state index contributed by atoms with van der Waals surface area (Å²) < 4.78 is 16.1. The van der Waals surface area contributed by atoms with Crippen LogP contribution in [0, 0.1) is 5.82 Å². The van der Waals surface area contributed by atoms with Crippen LogP contribution in [0.2, 0.25) is 0 Å². The zero-order valence-electron chi connectivity index (χ0n) is 13.1. The molecule has 0 spiro atoms. The van der Waals surface area contributed by atoms with E-state index in [9.17, 15) is 4.39 Å². The van der Waals surface area contributed by atoms with Crippen LogP contribution in [0.25, 0.3) is 0 Å². The molecule has 0 fully saturated rings. The molecule has 124 valence electrons. The number of halogens is 2. The highest BCUT2D eigenvalue weighted by Gasteiger charge is 2.03. The first-order chi connectivity index (χ1) is 11.2.